The largest absolute Gasteiger partial charge is 0.389 e. The first kappa shape index (κ1) is 15.2. The topological polar surface area (TPSA) is 20.2 Å². The lowest BCUT2D eigenvalue weighted by atomic mass is 9.46. The Labute approximate surface area is 136 Å². The number of aliphatic hydroxyl groups is 1. The lowest BCUT2D eigenvalue weighted by molar-refractivity contribution is -0.0554. The Morgan fingerprint density at radius 3 is 2.64 bits per heavy atom. The highest BCUT2D eigenvalue weighted by molar-refractivity contribution is 5.25. The molecule has 0 aromatic rings. The van der Waals surface area contributed by atoms with Gasteiger partial charge in [-0.3, -0.25) is 0 Å². The Morgan fingerprint density at radius 1 is 1.05 bits per heavy atom. The van der Waals surface area contributed by atoms with E-state index in [4.69, 9.17) is 0 Å². The van der Waals surface area contributed by atoms with Crippen molar-refractivity contribution >= 4 is 0 Å². The van der Waals surface area contributed by atoms with Gasteiger partial charge >= 0.3 is 0 Å². The van der Waals surface area contributed by atoms with Crippen LogP contribution in [0.5, 0.6) is 0 Å². The first-order chi connectivity index (χ1) is 10.5. The fourth-order valence-corrected chi connectivity index (χ4v) is 7.49. The highest BCUT2D eigenvalue weighted by atomic mass is 16.3. The lowest BCUT2D eigenvalue weighted by Crippen LogP contribution is -2.50. The quantitative estimate of drug-likeness (QED) is 0.648. The number of allylic oxidation sites excluding steroid dienone is 1. The SMILES string of the molecule is CCC1CCC2C3CCC4=C[C@@H](O)CCC4(C)C3CCC12C. The van der Waals surface area contributed by atoms with Crippen molar-refractivity contribution < 1.29 is 5.11 Å². The summed E-state index contributed by atoms with van der Waals surface area (Å²) in [5.74, 6) is 3.83. The van der Waals surface area contributed by atoms with Crippen molar-refractivity contribution in [3.63, 3.8) is 0 Å². The summed E-state index contributed by atoms with van der Waals surface area (Å²) in [4.78, 5) is 0. The molecule has 0 aliphatic heterocycles. The molecule has 1 nitrogen and oxygen atoms in total. The van der Waals surface area contributed by atoms with Crippen LogP contribution < -0.4 is 0 Å². The molecule has 4 rings (SSSR count). The fraction of sp³-hybridized carbons (Fsp3) is 0.905. The first-order valence-electron chi connectivity index (χ1n) is 9.88. The number of hydrogen-bond donors (Lipinski definition) is 1. The summed E-state index contributed by atoms with van der Waals surface area (Å²) in [7, 11) is 0. The molecule has 22 heavy (non-hydrogen) atoms. The summed E-state index contributed by atoms with van der Waals surface area (Å²) < 4.78 is 0. The molecule has 0 saturated heterocycles. The number of hydrogen-bond acceptors (Lipinski definition) is 1. The van der Waals surface area contributed by atoms with E-state index in [0.717, 1.165) is 30.1 Å². The predicted octanol–water partition coefficient (Wildman–Crippen LogP) is 5.34. The van der Waals surface area contributed by atoms with Gasteiger partial charge in [0, 0.05) is 0 Å². The Morgan fingerprint density at radius 2 is 1.86 bits per heavy atom. The van der Waals surface area contributed by atoms with Crippen LogP contribution in [-0.4, -0.2) is 11.2 Å². The molecular formula is C21H34O. The first-order valence-corrected chi connectivity index (χ1v) is 9.88. The van der Waals surface area contributed by atoms with Gasteiger partial charge in [-0.15, -0.1) is 0 Å². The van der Waals surface area contributed by atoms with Crippen molar-refractivity contribution in [1.82, 2.24) is 0 Å². The molecule has 0 spiro atoms. The zero-order valence-electron chi connectivity index (χ0n) is 14.8. The van der Waals surface area contributed by atoms with Crippen molar-refractivity contribution in [2.45, 2.75) is 84.7 Å². The van der Waals surface area contributed by atoms with E-state index < -0.39 is 0 Å². The van der Waals surface area contributed by atoms with E-state index in [1.807, 2.05) is 0 Å². The van der Waals surface area contributed by atoms with Gasteiger partial charge in [0.05, 0.1) is 6.10 Å². The maximum atomic E-state index is 10.0. The summed E-state index contributed by atoms with van der Waals surface area (Å²) in [6.07, 6.45) is 14.2. The summed E-state index contributed by atoms with van der Waals surface area (Å²) in [5.41, 5.74) is 2.66. The molecule has 3 fully saturated rings. The molecule has 7 atom stereocenters. The van der Waals surface area contributed by atoms with Crippen LogP contribution in [0.4, 0.5) is 0 Å². The molecule has 1 N–H and O–H groups in total. The molecule has 124 valence electrons. The Bertz CT molecular complexity index is 480. The van der Waals surface area contributed by atoms with Crippen molar-refractivity contribution in [2.75, 3.05) is 0 Å². The molecule has 4 aliphatic carbocycles. The minimum atomic E-state index is -0.163. The van der Waals surface area contributed by atoms with Crippen LogP contribution in [-0.2, 0) is 0 Å². The summed E-state index contributed by atoms with van der Waals surface area (Å²) >= 11 is 0. The van der Waals surface area contributed by atoms with E-state index in [1.54, 1.807) is 5.57 Å². The molecule has 3 saturated carbocycles. The molecule has 0 aromatic heterocycles. The van der Waals surface area contributed by atoms with Crippen LogP contribution in [0.25, 0.3) is 0 Å². The molecule has 0 bridgehead atoms. The summed E-state index contributed by atoms with van der Waals surface area (Å²) in [6.45, 7) is 7.58. The molecule has 0 radical (unpaired) electrons. The zero-order valence-corrected chi connectivity index (χ0v) is 14.8. The third-order valence-corrected chi connectivity index (χ3v) is 8.78. The Kier molecular flexibility index (Phi) is 3.53. The lowest BCUT2D eigenvalue weighted by Gasteiger charge is -2.58. The van der Waals surface area contributed by atoms with Crippen LogP contribution in [0.15, 0.2) is 11.6 Å². The second kappa shape index (κ2) is 5.10. The normalized spacial score (nSPS) is 54.2. The average Bonchev–Trinajstić information content (AvgIpc) is 2.84. The van der Waals surface area contributed by atoms with Crippen LogP contribution in [0.1, 0.15) is 78.6 Å². The smallest absolute Gasteiger partial charge is 0.0724 e. The van der Waals surface area contributed by atoms with E-state index in [-0.39, 0.29) is 6.10 Å². The third kappa shape index (κ3) is 1.93. The van der Waals surface area contributed by atoms with Gasteiger partial charge in [-0.05, 0) is 85.9 Å². The van der Waals surface area contributed by atoms with Crippen LogP contribution in [0, 0.1) is 34.5 Å². The monoisotopic (exact) mass is 302 g/mol. The molecule has 0 heterocycles. The maximum Gasteiger partial charge on any atom is 0.0724 e. The third-order valence-electron chi connectivity index (χ3n) is 8.78. The number of rotatable bonds is 1. The van der Waals surface area contributed by atoms with Gasteiger partial charge in [0.1, 0.15) is 0 Å². The molecule has 0 aromatic carbocycles. The summed E-state index contributed by atoms with van der Waals surface area (Å²) in [5, 5.41) is 10.0. The highest BCUT2D eigenvalue weighted by Crippen LogP contribution is 2.67. The van der Waals surface area contributed by atoms with Crippen molar-refractivity contribution in [2.24, 2.45) is 34.5 Å². The molecular weight excluding hydrogens is 268 g/mol. The minimum Gasteiger partial charge on any atom is -0.389 e. The van der Waals surface area contributed by atoms with Gasteiger partial charge in [-0.2, -0.15) is 0 Å². The fourth-order valence-electron chi connectivity index (χ4n) is 7.49. The van der Waals surface area contributed by atoms with E-state index >= 15 is 0 Å². The number of fused-ring (bicyclic) bond motifs is 5. The predicted molar refractivity (Wildman–Crippen MR) is 91.5 cm³/mol. The van der Waals surface area contributed by atoms with E-state index in [1.165, 1.54) is 51.4 Å². The Balaban J connectivity index is 1.65. The average molecular weight is 303 g/mol. The van der Waals surface area contributed by atoms with Crippen molar-refractivity contribution in [1.29, 1.82) is 0 Å². The Hall–Kier alpha value is -0.300. The van der Waals surface area contributed by atoms with Crippen LogP contribution >= 0.6 is 0 Å². The van der Waals surface area contributed by atoms with Gasteiger partial charge in [0.2, 0.25) is 0 Å². The minimum absolute atomic E-state index is 0.163. The second-order valence-electron chi connectivity index (χ2n) is 9.36. The van der Waals surface area contributed by atoms with Crippen molar-refractivity contribution in [3.05, 3.63) is 11.6 Å². The van der Waals surface area contributed by atoms with Gasteiger partial charge in [0.15, 0.2) is 0 Å². The van der Waals surface area contributed by atoms with Crippen molar-refractivity contribution in [3.8, 4) is 0 Å². The maximum absolute atomic E-state index is 10.0. The van der Waals surface area contributed by atoms with Gasteiger partial charge in [0.25, 0.3) is 0 Å². The molecule has 0 amide bonds. The molecule has 4 aliphatic rings. The second-order valence-corrected chi connectivity index (χ2v) is 9.36. The van der Waals surface area contributed by atoms with Gasteiger partial charge in [-0.1, -0.05) is 38.8 Å². The van der Waals surface area contributed by atoms with Crippen LogP contribution in [0.3, 0.4) is 0 Å². The number of aliphatic hydroxyl groups excluding tert-OH is 1. The standard InChI is InChI=1S/C21H34O/c1-4-14-6-8-18-17-7-5-15-13-16(22)9-11-21(15,3)19(17)10-12-20(14,18)2/h13-14,16-19,22H,4-12H2,1-3H3/t14?,16-,17?,18?,19?,20?,21?/m0/s1. The van der Waals surface area contributed by atoms with Gasteiger partial charge in [-0.25, -0.2) is 0 Å². The van der Waals surface area contributed by atoms with E-state index in [9.17, 15) is 5.11 Å². The highest BCUT2D eigenvalue weighted by Gasteiger charge is 2.58. The zero-order chi connectivity index (χ0) is 15.5. The molecule has 1 heteroatoms. The summed E-state index contributed by atoms with van der Waals surface area (Å²) in [6, 6.07) is 0. The van der Waals surface area contributed by atoms with E-state index in [2.05, 4.69) is 26.8 Å². The van der Waals surface area contributed by atoms with E-state index in [0.29, 0.717) is 10.8 Å². The molecule has 6 unspecified atom stereocenters. The van der Waals surface area contributed by atoms with Gasteiger partial charge < -0.3 is 5.11 Å². The van der Waals surface area contributed by atoms with Crippen LogP contribution in [0.2, 0.25) is 0 Å².